The minimum atomic E-state index is 0.567. The van der Waals surface area contributed by atoms with Crippen LogP contribution in [0.1, 0.15) is 84.5 Å². The Balaban J connectivity index is 1.66. The number of rotatable bonds is 3. The minimum absolute atomic E-state index is 0.567. The van der Waals surface area contributed by atoms with Crippen molar-refractivity contribution in [2.75, 3.05) is 0 Å². The molecule has 0 spiro atoms. The minimum Gasteiger partial charge on any atom is -0.103 e. The number of fused-ring (bicyclic) bond motifs is 5. The van der Waals surface area contributed by atoms with Crippen molar-refractivity contribution in [3.63, 3.8) is 0 Å². The van der Waals surface area contributed by atoms with E-state index in [2.05, 4.69) is 32.6 Å². The Morgan fingerprint density at radius 2 is 2.04 bits per heavy atom. The average Bonchev–Trinajstić information content (AvgIpc) is 3.00. The van der Waals surface area contributed by atoms with Crippen LogP contribution in [-0.4, -0.2) is 0 Å². The van der Waals surface area contributed by atoms with E-state index in [1.165, 1.54) is 70.6 Å². The maximum Gasteiger partial charge on any atom is -0.00853 e. The quantitative estimate of drug-likeness (QED) is 0.496. The molecule has 23 heavy (non-hydrogen) atoms. The van der Waals surface area contributed by atoms with Crippen molar-refractivity contribution in [3.8, 4) is 0 Å². The van der Waals surface area contributed by atoms with Crippen LogP contribution in [0, 0.1) is 34.5 Å². The van der Waals surface area contributed by atoms with Crippen LogP contribution in [0.4, 0.5) is 0 Å². The monoisotopic (exact) mass is 312 g/mol. The molecule has 4 rings (SSSR count). The molecular formula is C23H36. The van der Waals surface area contributed by atoms with Gasteiger partial charge in [0, 0.05) is 0 Å². The van der Waals surface area contributed by atoms with E-state index in [9.17, 15) is 0 Å². The molecule has 0 aliphatic heterocycles. The van der Waals surface area contributed by atoms with E-state index < -0.39 is 0 Å². The van der Waals surface area contributed by atoms with Crippen molar-refractivity contribution in [1.29, 1.82) is 0 Å². The van der Waals surface area contributed by atoms with Gasteiger partial charge in [0.15, 0.2) is 0 Å². The molecule has 0 amide bonds. The molecule has 0 radical (unpaired) electrons. The Morgan fingerprint density at radius 3 is 2.87 bits per heavy atom. The zero-order valence-corrected chi connectivity index (χ0v) is 15.4. The SMILES string of the molecule is C=CCC(C)[C@@]12CCC[C@H]1[C@@H]1CC=C3CCCC[C@]3(C)[C@H]1CC2. The smallest absolute Gasteiger partial charge is 0.00853 e. The summed E-state index contributed by atoms with van der Waals surface area (Å²) in [6, 6.07) is 0. The van der Waals surface area contributed by atoms with Crippen molar-refractivity contribution in [2.24, 2.45) is 34.5 Å². The van der Waals surface area contributed by atoms with Crippen LogP contribution < -0.4 is 0 Å². The van der Waals surface area contributed by atoms with Crippen LogP contribution in [0.5, 0.6) is 0 Å². The van der Waals surface area contributed by atoms with E-state index in [-0.39, 0.29) is 0 Å². The Bertz CT molecular complexity index is 500. The van der Waals surface area contributed by atoms with E-state index >= 15 is 0 Å². The molecular weight excluding hydrogens is 276 g/mol. The summed E-state index contributed by atoms with van der Waals surface area (Å²) in [4.78, 5) is 0. The molecule has 3 fully saturated rings. The van der Waals surface area contributed by atoms with E-state index in [0.29, 0.717) is 10.8 Å². The third kappa shape index (κ3) is 2.23. The summed E-state index contributed by atoms with van der Waals surface area (Å²) < 4.78 is 0. The zero-order chi connectivity index (χ0) is 16.1. The molecule has 0 saturated heterocycles. The van der Waals surface area contributed by atoms with E-state index in [1.54, 1.807) is 0 Å². The molecule has 4 aliphatic rings. The lowest BCUT2D eigenvalue weighted by atomic mass is 9.46. The molecule has 0 aromatic heterocycles. The van der Waals surface area contributed by atoms with Crippen LogP contribution in [-0.2, 0) is 0 Å². The summed E-state index contributed by atoms with van der Waals surface area (Å²) in [5.74, 6) is 3.84. The fourth-order valence-electron chi connectivity index (χ4n) is 7.75. The Morgan fingerprint density at radius 1 is 1.17 bits per heavy atom. The molecule has 0 heteroatoms. The summed E-state index contributed by atoms with van der Waals surface area (Å²) in [7, 11) is 0. The van der Waals surface area contributed by atoms with Gasteiger partial charge in [-0.3, -0.25) is 0 Å². The summed E-state index contributed by atoms with van der Waals surface area (Å²) in [5.41, 5.74) is 3.08. The molecule has 1 unspecified atom stereocenters. The first kappa shape index (κ1) is 16.0. The largest absolute Gasteiger partial charge is 0.103 e. The topological polar surface area (TPSA) is 0 Å². The molecule has 0 N–H and O–H groups in total. The summed E-state index contributed by atoms with van der Waals surface area (Å²) in [6.07, 6.45) is 20.9. The van der Waals surface area contributed by atoms with Gasteiger partial charge in [0.05, 0.1) is 0 Å². The molecule has 0 aromatic carbocycles. The van der Waals surface area contributed by atoms with Gasteiger partial charge in [-0.1, -0.05) is 44.4 Å². The van der Waals surface area contributed by atoms with E-state index in [4.69, 9.17) is 0 Å². The summed E-state index contributed by atoms with van der Waals surface area (Å²) in [6.45, 7) is 9.22. The Labute approximate surface area is 143 Å². The third-order valence-electron chi connectivity index (χ3n) is 8.93. The first-order valence-electron chi connectivity index (χ1n) is 10.4. The number of hydrogen-bond acceptors (Lipinski definition) is 0. The fourth-order valence-corrected chi connectivity index (χ4v) is 7.75. The Hall–Kier alpha value is -0.520. The van der Waals surface area contributed by atoms with Crippen molar-refractivity contribution in [1.82, 2.24) is 0 Å². The molecule has 0 bridgehead atoms. The van der Waals surface area contributed by atoms with Gasteiger partial charge in [0.25, 0.3) is 0 Å². The first-order valence-corrected chi connectivity index (χ1v) is 10.4. The van der Waals surface area contributed by atoms with Crippen LogP contribution >= 0.6 is 0 Å². The van der Waals surface area contributed by atoms with Gasteiger partial charge in [0.2, 0.25) is 0 Å². The maximum atomic E-state index is 4.04. The maximum absolute atomic E-state index is 4.04. The molecule has 6 atom stereocenters. The predicted molar refractivity (Wildman–Crippen MR) is 99.2 cm³/mol. The highest BCUT2D eigenvalue weighted by molar-refractivity contribution is 5.24. The normalized spacial score (nSPS) is 47.0. The third-order valence-corrected chi connectivity index (χ3v) is 8.93. The van der Waals surface area contributed by atoms with Crippen LogP contribution in [0.2, 0.25) is 0 Å². The molecule has 0 heterocycles. The Kier molecular flexibility index (Phi) is 4.01. The lowest BCUT2D eigenvalue weighted by Gasteiger charge is -2.59. The standard InChI is InChI=1S/C23H36/c1-4-8-17(2)23-15-7-10-21(23)19-12-11-18-9-5-6-14-22(18,3)20(19)13-16-23/h4,11,17,19-21H,1,5-10,12-16H2,2-3H3/t17?,19-,20+,21+,22+,23+/m1/s1. The second kappa shape index (κ2) is 5.78. The van der Waals surface area contributed by atoms with E-state index in [1.807, 2.05) is 5.57 Å². The van der Waals surface area contributed by atoms with Gasteiger partial charge in [-0.2, -0.15) is 0 Å². The van der Waals surface area contributed by atoms with Gasteiger partial charge < -0.3 is 0 Å². The molecule has 0 aromatic rings. The fraction of sp³-hybridized carbons (Fsp3) is 0.826. The van der Waals surface area contributed by atoms with Crippen molar-refractivity contribution in [3.05, 3.63) is 24.3 Å². The first-order chi connectivity index (χ1) is 11.1. The predicted octanol–water partition coefficient (Wildman–Crippen LogP) is 6.92. The van der Waals surface area contributed by atoms with Gasteiger partial charge in [-0.05, 0) is 92.3 Å². The van der Waals surface area contributed by atoms with Crippen LogP contribution in [0.25, 0.3) is 0 Å². The van der Waals surface area contributed by atoms with Crippen LogP contribution in [0.3, 0.4) is 0 Å². The van der Waals surface area contributed by atoms with Gasteiger partial charge >= 0.3 is 0 Å². The molecule has 128 valence electrons. The second-order valence-corrected chi connectivity index (χ2v) is 9.56. The highest BCUT2D eigenvalue weighted by Crippen LogP contribution is 2.67. The van der Waals surface area contributed by atoms with E-state index in [0.717, 1.165) is 23.7 Å². The van der Waals surface area contributed by atoms with Gasteiger partial charge in [-0.15, -0.1) is 6.58 Å². The summed E-state index contributed by atoms with van der Waals surface area (Å²) >= 11 is 0. The van der Waals surface area contributed by atoms with Crippen molar-refractivity contribution in [2.45, 2.75) is 84.5 Å². The highest BCUT2D eigenvalue weighted by atomic mass is 14.6. The van der Waals surface area contributed by atoms with Crippen molar-refractivity contribution < 1.29 is 0 Å². The van der Waals surface area contributed by atoms with Gasteiger partial charge in [0.1, 0.15) is 0 Å². The second-order valence-electron chi connectivity index (χ2n) is 9.56. The number of allylic oxidation sites excluding steroid dienone is 3. The molecule has 4 aliphatic carbocycles. The van der Waals surface area contributed by atoms with Gasteiger partial charge in [-0.25, -0.2) is 0 Å². The van der Waals surface area contributed by atoms with Crippen molar-refractivity contribution >= 4 is 0 Å². The lowest BCUT2D eigenvalue weighted by Crippen LogP contribution is -2.50. The molecule has 0 nitrogen and oxygen atoms in total. The summed E-state index contributed by atoms with van der Waals surface area (Å²) in [5, 5.41) is 0. The zero-order valence-electron chi connectivity index (χ0n) is 15.4. The highest BCUT2D eigenvalue weighted by Gasteiger charge is 2.57. The number of hydrogen-bond donors (Lipinski definition) is 0. The molecule has 3 saturated carbocycles. The average molecular weight is 313 g/mol. The lowest BCUT2D eigenvalue weighted by molar-refractivity contribution is -0.0581. The van der Waals surface area contributed by atoms with Crippen LogP contribution in [0.15, 0.2) is 24.3 Å².